The lowest BCUT2D eigenvalue weighted by Crippen LogP contribution is -2.32. The lowest BCUT2D eigenvalue weighted by Gasteiger charge is -2.19. The molecule has 0 saturated carbocycles. The van der Waals surface area contributed by atoms with E-state index in [0.717, 1.165) is 0 Å². The Morgan fingerprint density at radius 1 is 1.30 bits per heavy atom. The SMILES string of the molecule is CCOC(=O)c1ccc(CNC(=O)OC(C)(C)C)nc1. The van der Waals surface area contributed by atoms with Crippen LogP contribution in [0.1, 0.15) is 43.7 Å². The normalized spacial score (nSPS) is 10.8. The third-order valence-corrected chi connectivity index (χ3v) is 2.15. The van der Waals surface area contributed by atoms with Crippen molar-refractivity contribution in [3.63, 3.8) is 0 Å². The second kappa shape index (κ2) is 6.88. The van der Waals surface area contributed by atoms with Crippen LogP contribution in [0.25, 0.3) is 0 Å². The Morgan fingerprint density at radius 3 is 2.50 bits per heavy atom. The van der Waals surface area contributed by atoms with Crippen molar-refractivity contribution in [2.75, 3.05) is 6.61 Å². The van der Waals surface area contributed by atoms with Gasteiger partial charge in [0.15, 0.2) is 0 Å². The molecule has 0 aromatic carbocycles. The number of hydrogen-bond donors (Lipinski definition) is 1. The van der Waals surface area contributed by atoms with E-state index in [0.29, 0.717) is 17.9 Å². The molecule has 1 amide bonds. The van der Waals surface area contributed by atoms with Gasteiger partial charge >= 0.3 is 12.1 Å². The Bertz CT molecular complexity index is 463. The lowest BCUT2D eigenvalue weighted by molar-refractivity contribution is 0.0511. The quantitative estimate of drug-likeness (QED) is 0.856. The van der Waals surface area contributed by atoms with Crippen molar-refractivity contribution in [2.24, 2.45) is 0 Å². The molecule has 0 unspecified atom stereocenters. The van der Waals surface area contributed by atoms with Gasteiger partial charge in [0.25, 0.3) is 0 Å². The van der Waals surface area contributed by atoms with Crippen molar-refractivity contribution in [3.05, 3.63) is 29.6 Å². The molecule has 0 fully saturated rings. The number of nitrogens with one attached hydrogen (secondary N) is 1. The minimum absolute atomic E-state index is 0.234. The minimum Gasteiger partial charge on any atom is -0.462 e. The Morgan fingerprint density at radius 2 is 2.00 bits per heavy atom. The van der Waals surface area contributed by atoms with Crippen LogP contribution in [0, 0.1) is 0 Å². The summed E-state index contributed by atoms with van der Waals surface area (Å²) in [5, 5.41) is 2.59. The summed E-state index contributed by atoms with van der Waals surface area (Å²) in [6.07, 6.45) is 0.915. The second-order valence-corrected chi connectivity index (χ2v) is 5.11. The van der Waals surface area contributed by atoms with Crippen LogP contribution in [0.3, 0.4) is 0 Å². The highest BCUT2D eigenvalue weighted by Crippen LogP contribution is 2.07. The van der Waals surface area contributed by atoms with Crippen molar-refractivity contribution in [1.82, 2.24) is 10.3 Å². The van der Waals surface area contributed by atoms with Gasteiger partial charge in [0.2, 0.25) is 0 Å². The third-order valence-electron chi connectivity index (χ3n) is 2.15. The molecule has 0 aliphatic heterocycles. The fourth-order valence-electron chi connectivity index (χ4n) is 1.34. The molecule has 0 aliphatic rings. The van der Waals surface area contributed by atoms with Crippen molar-refractivity contribution >= 4 is 12.1 Å². The second-order valence-electron chi connectivity index (χ2n) is 5.11. The standard InChI is InChI=1S/C14H20N2O4/c1-5-19-12(17)10-6-7-11(15-8-10)9-16-13(18)20-14(2,3)4/h6-8H,5,9H2,1-4H3,(H,16,18). The van der Waals surface area contributed by atoms with Gasteiger partial charge in [0.05, 0.1) is 24.4 Å². The lowest BCUT2D eigenvalue weighted by atomic mass is 10.2. The molecule has 1 aromatic rings. The van der Waals surface area contributed by atoms with Crippen molar-refractivity contribution in [2.45, 2.75) is 39.8 Å². The van der Waals surface area contributed by atoms with Gasteiger partial charge in [0.1, 0.15) is 5.60 Å². The Labute approximate surface area is 118 Å². The molecule has 1 aromatic heterocycles. The molecule has 1 N–H and O–H groups in total. The molecule has 0 atom stereocenters. The highest BCUT2D eigenvalue weighted by atomic mass is 16.6. The summed E-state index contributed by atoms with van der Waals surface area (Å²) in [7, 11) is 0. The minimum atomic E-state index is -0.536. The first-order valence-electron chi connectivity index (χ1n) is 6.40. The molecule has 0 aliphatic carbocycles. The number of amides is 1. The molecule has 0 radical (unpaired) electrons. The average Bonchev–Trinajstić information content (AvgIpc) is 2.35. The van der Waals surface area contributed by atoms with E-state index in [-0.39, 0.29) is 6.54 Å². The van der Waals surface area contributed by atoms with E-state index in [9.17, 15) is 9.59 Å². The van der Waals surface area contributed by atoms with Gasteiger partial charge in [-0.1, -0.05) is 0 Å². The molecule has 0 spiro atoms. The van der Waals surface area contributed by atoms with Crippen molar-refractivity contribution in [1.29, 1.82) is 0 Å². The van der Waals surface area contributed by atoms with Gasteiger partial charge in [-0.05, 0) is 39.8 Å². The number of carbonyl (C=O) groups is 2. The number of rotatable bonds is 4. The molecule has 0 bridgehead atoms. The third kappa shape index (κ3) is 5.69. The zero-order valence-corrected chi connectivity index (χ0v) is 12.2. The van der Waals surface area contributed by atoms with Crippen LogP contribution in [0.2, 0.25) is 0 Å². The van der Waals surface area contributed by atoms with Gasteiger partial charge in [-0.15, -0.1) is 0 Å². The summed E-state index contributed by atoms with van der Waals surface area (Å²) >= 11 is 0. The molecule has 0 saturated heterocycles. The van der Waals surface area contributed by atoms with Crippen LogP contribution in [-0.2, 0) is 16.0 Å². The molecular formula is C14H20N2O4. The maximum Gasteiger partial charge on any atom is 0.407 e. The highest BCUT2D eigenvalue weighted by molar-refractivity contribution is 5.88. The van der Waals surface area contributed by atoms with Crippen LogP contribution in [0.5, 0.6) is 0 Å². The van der Waals surface area contributed by atoms with E-state index in [1.54, 1.807) is 39.8 Å². The smallest absolute Gasteiger partial charge is 0.407 e. The molecule has 20 heavy (non-hydrogen) atoms. The maximum atomic E-state index is 11.5. The summed E-state index contributed by atoms with van der Waals surface area (Å²) in [4.78, 5) is 27.0. The molecule has 1 heterocycles. The summed E-state index contributed by atoms with van der Waals surface area (Å²) in [6.45, 7) is 7.67. The predicted octanol–water partition coefficient (Wildman–Crippen LogP) is 2.28. The molecular weight excluding hydrogens is 260 g/mol. The average molecular weight is 280 g/mol. The van der Waals surface area contributed by atoms with E-state index in [1.165, 1.54) is 6.20 Å². The number of pyridine rings is 1. The highest BCUT2D eigenvalue weighted by Gasteiger charge is 2.15. The van der Waals surface area contributed by atoms with Gasteiger partial charge in [-0.3, -0.25) is 4.98 Å². The van der Waals surface area contributed by atoms with Gasteiger partial charge < -0.3 is 14.8 Å². The molecule has 6 heteroatoms. The van der Waals surface area contributed by atoms with Gasteiger partial charge in [0, 0.05) is 6.20 Å². The number of carbonyl (C=O) groups excluding carboxylic acids is 2. The fraction of sp³-hybridized carbons (Fsp3) is 0.500. The summed E-state index contributed by atoms with van der Waals surface area (Å²) in [5.41, 5.74) is 0.474. The van der Waals surface area contributed by atoms with Gasteiger partial charge in [-0.25, -0.2) is 9.59 Å². The van der Waals surface area contributed by atoms with Crippen LogP contribution >= 0.6 is 0 Å². The number of hydrogen-bond acceptors (Lipinski definition) is 5. The predicted molar refractivity (Wildman–Crippen MR) is 73.3 cm³/mol. The summed E-state index contributed by atoms with van der Waals surface area (Å²) in [5.74, 6) is -0.411. The monoisotopic (exact) mass is 280 g/mol. The van der Waals surface area contributed by atoms with Crippen molar-refractivity contribution in [3.8, 4) is 0 Å². The zero-order chi connectivity index (χ0) is 15.2. The Balaban J connectivity index is 2.50. The number of aromatic nitrogens is 1. The zero-order valence-electron chi connectivity index (χ0n) is 12.2. The Hall–Kier alpha value is -2.11. The van der Waals surface area contributed by atoms with Crippen LogP contribution in [0.4, 0.5) is 4.79 Å². The molecule has 110 valence electrons. The van der Waals surface area contributed by atoms with E-state index >= 15 is 0 Å². The number of nitrogens with zero attached hydrogens (tertiary/aromatic N) is 1. The number of ether oxygens (including phenoxy) is 2. The first kappa shape index (κ1) is 15.9. The number of esters is 1. The summed E-state index contributed by atoms with van der Waals surface area (Å²) in [6, 6.07) is 3.26. The Kier molecular flexibility index (Phi) is 5.49. The van der Waals surface area contributed by atoms with E-state index < -0.39 is 17.7 Å². The van der Waals surface area contributed by atoms with E-state index in [4.69, 9.17) is 9.47 Å². The fourth-order valence-corrected chi connectivity index (χ4v) is 1.34. The van der Waals surface area contributed by atoms with Crippen molar-refractivity contribution < 1.29 is 19.1 Å². The molecule has 6 nitrogen and oxygen atoms in total. The number of alkyl carbamates (subject to hydrolysis) is 1. The first-order valence-corrected chi connectivity index (χ1v) is 6.40. The van der Waals surface area contributed by atoms with E-state index in [1.807, 2.05) is 0 Å². The van der Waals surface area contributed by atoms with E-state index in [2.05, 4.69) is 10.3 Å². The topological polar surface area (TPSA) is 77.5 Å². The largest absolute Gasteiger partial charge is 0.462 e. The summed E-state index contributed by atoms with van der Waals surface area (Å²) < 4.78 is 9.95. The van der Waals surface area contributed by atoms with Crippen LogP contribution < -0.4 is 5.32 Å². The van der Waals surface area contributed by atoms with Gasteiger partial charge in [-0.2, -0.15) is 0 Å². The first-order chi connectivity index (χ1) is 9.31. The van der Waals surface area contributed by atoms with Crippen LogP contribution in [-0.4, -0.2) is 29.3 Å². The molecule has 1 rings (SSSR count). The van der Waals surface area contributed by atoms with Crippen LogP contribution in [0.15, 0.2) is 18.3 Å². The maximum absolute atomic E-state index is 11.5.